The van der Waals surface area contributed by atoms with Crippen molar-refractivity contribution in [1.82, 2.24) is 4.90 Å². The maximum Gasteiger partial charge on any atom is 0.323 e. The first-order valence-electron chi connectivity index (χ1n) is 18.8. The number of unbranched alkanes of at least 4 members (excludes halogenated alkanes) is 1. The van der Waals surface area contributed by atoms with Crippen molar-refractivity contribution < 1.29 is 18.4 Å². The van der Waals surface area contributed by atoms with Crippen LogP contribution in [0.15, 0.2) is 133 Å². The molecule has 0 spiro atoms. The number of carbonyl (C=O) groups is 1. The van der Waals surface area contributed by atoms with Crippen molar-refractivity contribution in [3.05, 3.63) is 133 Å². The molecular formula is C45H59NO4Si2. The zero-order valence-electron chi connectivity index (χ0n) is 32.6. The van der Waals surface area contributed by atoms with Crippen molar-refractivity contribution in [3.63, 3.8) is 0 Å². The van der Waals surface area contributed by atoms with Crippen molar-refractivity contribution in [3.8, 4) is 0 Å². The van der Waals surface area contributed by atoms with Crippen molar-refractivity contribution in [2.45, 2.75) is 90.0 Å². The lowest BCUT2D eigenvalue weighted by atomic mass is 10.1. The van der Waals surface area contributed by atoms with E-state index in [-0.39, 0.29) is 28.2 Å². The summed E-state index contributed by atoms with van der Waals surface area (Å²) in [5.74, 6) is -0.194. The number of likely N-dealkylation sites (tertiary alicyclic amines) is 1. The van der Waals surface area contributed by atoms with Crippen molar-refractivity contribution in [1.29, 1.82) is 0 Å². The van der Waals surface area contributed by atoms with Crippen LogP contribution in [0, 0.1) is 0 Å². The van der Waals surface area contributed by atoms with Crippen LogP contribution in [0.3, 0.4) is 0 Å². The Balaban J connectivity index is 1.31. The molecule has 0 saturated carbocycles. The normalized spacial score (nSPS) is 17.7. The molecule has 1 fully saturated rings. The average Bonchev–Trinajstić information content (AvgIpc) is 3.53. The number of rotatable bonds is 14. The molecule has 1 aliphatic rings. The minimum Gasteiger partial charge on any atom is -0.468 e. The SMILES string of the molecule is COC(=O)[C@@H]1C[C@@H](O[Si](c2ccccc2)(c2ccccc2)C(C)(C)C)CN1C/C(C)=C/CCCO[Si](c1ccccc1)(c1ccccc1)C(C)(C)C. The predicted octanol–water partition coefficient (Wildman–Crippen LogP) is 7.48. The Morgan fingerprint density at radius 2 is 1.13 bits per heavy atom. The minimum absolute atomic E-state index is 0.0484. The number of allylic oxidation sites excluding steroid dienone is 1. The third-order valence-corrected chi connectivity index (χ3v) is 20.8. The third-order valence-electron chi connectivity index (χ3n) is 10.6. The Hall–Kier alpha value is -3.60. The van der Waals surface area contributed by atoms with E-state index in [0.717, 1.165) is 12.8 Å². The van der Waals surface area contributed by atoms with Gasteiger partial charge in [0.05, 0.1) is 13.2 Å². The Kier molecular flexibility index (Phi) is 13.0. The van der Waals surface area contributed by atoms with Crippen molar-refractivity contribution in [2.75, 3.05) is 26.8 Å². The van der Waals surface area contributed by atoms with E-state index in [2.05, 4.69) is 181 Å². The standard InChI is InChI=1S/C45H59NO4Si2/c1-36(23-21-22-32-49-51(44(2,3)4,38-24-13-9-14-25-38)39-26-15-10-16-27-39)34-46-35-37(33-42(46)43(47)48-8)50-52(45(5,6)7,40-28-17-11-18-29-40)41-30-19-12-20-31-41/h9-20,23-31,37,42H,21-22,32-35H2,1-8H3/b36-23+/t37-,42+/m1/s1. The summed E-state index contributed by atoms with van der Waals surface area (Å²) in [6, 6.07) is 42.8. The molecule has 1 saturated heterocycles. The molecule has 2 atom stereocenters. The number of nitrogens with zero attached hydrogens (tertiary/aromatic N) is 1. The molecule has 52 heavy (non-hydrogen) atoms. The molecule has 5 nitrogen and oxygen atoms in total. The number of hydrogen-bond acceptors (Lipinski definition) is 5. The van der Waals surface area contributed by atoms with Crippen LogP contribution in [0.2, 0.25) is 10.1 Å². The van der Waals surface area contributed by atoms with Gasteiger partial charge < -0.3 is 13.6 Å². The monoisotopic (exact) mass is 733 g/mol. The molecule has 0 radical (unpaired) electrons. The summed E-state index contributed by atoms with van der Waals surface area (Å²) < 4.78 is 20.0. The Labute approximate surface area is 315 Å². The van der Waals surface area contributed by atoms with Gasteiger partial charge in [0.1, 0.15) is 6.04 Å². The van der Waals surface area contributed by atoms with Gasteiger partial charge in [-0.25, -0.2) is 0 Å². The third kappa shape index (κ3) is 8.45. The molecule has 4 aromatic carbocycles. The number of hydrogen-bond donors (Lipinski definition) is 0. The van der Waals surface area contributed by atoms with Gasteiger partial charge >= 0.3 is 5.97 Å². The van der Waals surface area contributed by atoms with Gasteiger partial charge in [-0.2, -0.15) is 0 Å². The molecular weight excluding hydrogens is 675 g/mol. The van der Waals surface area contributed by atoms with E-state index in [1.54, 1.807) is 0 Å². The fourth-order valence-corrected chi connectivity index (χ4v) is 17.5. The fourth-order valence-electron chi connectivity index (χ4n) is 8.25. The van der Waals surface area contributed by atoms with Crippen LogP contribution in [0.1, 0.15) is 67.7 Å². The summed E-state index contributed by atoms with van der Waals surface area (Å²) in [7, 11) is -3.84. The topological polar surface area (TPSA) is 48.0 Å². The largest absolute Gasteiger partial charge is 0.468 e. The highest BCUT2D eigenvalue weighted by atomic mass is 28.4. The summed E-state index contributed by atoms with van der Waals surface area (Å²) in [5, 5.41) is 4.91. The zero-order valence-corrected chi connectivity index (χ0v) is 34.6. The van der Waals surface area contributed by atoms with Crippen LogP contribution < -0.4 is 20.7 Å². The second kappa shape index (κ2) is 17.0. The van der Waals surface area contributed by atoms with E-state index < -0.39 is 16.6 Å². The summed E-state index contributed by atoms with van der Waals surface area (Å²) in [5.41, 5.74) is 1.24. The Bertz CT molecular complexity index is 1660. The molecule has 0 aliphatic carbocycles. The van der Waals surface area contributed by atoms with Gasteiger partial charge in [0.25, 0.3) is 16.6 Å². The van der Waals surface area contributed by atoms with E-state index in [4.69, 9.17) is 13.6 Å². The van der Waals surface area contributed by atoms with Gasteiger partial charge in [0.2, 0.25) is 0 Å². The molecule has 7 heteroatoms. The van der Waals surface area contributed by atoms with Gasteiger partial charge in [0.15, 0.2) is 0 Å². The molecule has 1 aliphatic heterocycles. The molecule has 0 N–H and O–H groups in total. The molecule has 4 aromatic rings. The van der Waals surface area contributed by atoms with E-state index >= 15 is 0 Å². The number of benzene rings is 4. The molecule has 0 bridgehead atoms. The number of esters is 1. The smallest absolute Gasteiger partial charge is 0.323 e. The van der Waals surface area contributed by atoms with Gasteiger partial charge in [-0.05, 0) is 57.0 Å². The van der Waals surface area contributed by atoms with E-state index in [1.807, 2.05) is 0 Å². The first-order chi connectivity index (χ1) is 24.8. The first-order valence-corrected chi connectivity index (χ1v) is 22.7. The molecule has 0 aromatic heterocycles. The second-order valence-electron chi connectivity index (χ2n) is 16.3. The maximum absolute atomic E-state index is 13.2. The van der Waals surface area contributed by atoms with Gasteiger partial charge in [-0.15, -0.1) is 0 Å². The highest BCUT2D eigenvalue weighted by Gasteiger charge is 2.53. The molecule has 0 unspecified atom stereocenters. The maximum atomic E-state index is 13.2. The predicted molar refractivity (Wildman–Crippen MR) is 221 cm³/mol. The van der Waals surface area contributed by atoms with E-state index in [1.165, 1.54) is 33.4 Å². The highest BCUT2D eigenvalue weighted by Crippen LogP contribution is 2.40. The molecule has 0 amide bonds. The van der Waals surface area contributed by atoms with Crippen LogP contribution >= 0.6 is 0 Å². The summed E-state index contributed by atoms with van der Waals surface area (Å²) in [6.07, 6.45) is 4.64. The lowest BCUT2D eigenvalue weighted by Crippen LogP contribution is -2.67. The highest BCUT2D eigenvalue weighted by molar-refractivity contribution is 7.00. The second-order valence-corrected chi connectivity index (χ2v) is 24.9. The van der Waals surface area contributed by atoms with Gasteiger partial charge in [-0.3, -0.25) is 9.69 Å². The lowest BCUT2D eigenvalue weighted by molar-refractivity contribution is -0.145. The van der Waals surface area contributed by atoms with Gasteiger partial charge in [-0.1, -0.05) is 175 Å². The molecule has 276 valence electrons. The van der Waals surface area contributed by atoms with E-state index in [9.17, 15) is 4.79 Å². The summed E-state index contributed by atoms with van der Waals surface area (Å²) in [4.78, 5) is 15.5. The fraction of sp³-hybridized carbons (Fsp3) is 0.400. The molecule has 5 rings (SSSR count). The van der Waals surface area contributed by atoms with Crippen LogP contribution in [0.25, 0.3) is 0 Å². The van der Waals surface area contributed by atoms with Crippen LogP contribution in [-0.2, 0) is 18.4 Å². The van der Waals surface area contributed by atoms with Crippen LogP contribution in [0.5, 0.6) is 0 Å². The quantitative estimate of drug-likeness (QED) is 0.0583. The van der Waals surface area contributed by atoms with Crippen molar-refractivity contribution >= 4 is 43.4 Å². The summed E-state index contributed by atoms with van der Waals surface area (Å²) >= 11 is 0. The van der Waals surface area contributed by atoms with Crippen LogP contribution in [0.4, 0.5) is 0 Å². The Morgan fingerprint density at radius 3 is 1.54 bits per heavy atom. The number of methoxy groups -OCH3 is 1. The zero-order chi connectivity index (χ0) is 37.4. The van der Waals surface area contributed by atoms with Crippen LogP contribution in [-0.4, -0.2) is 66.5 Å². The minimum atomic E-state index is -2.77. The molecule has 1 heterocycles. The van der Waals surface area contributed by atoms with Gasteiger partial charge in [0, 0.05) is 19.7 Å². The number of ether oxygens (including phenoxy) is 1. The lowest BCUT2D eigenvalue weighted by Gasteiger charge is -2.44. The summed E-state index contributed by atoms with van der Waals surface area (Å²) in [6.45, 7) is 18.1. The Morgan fingerprint density at radius 1 is 0.712 bits per heavy atom. The number of carbonyl (C=O) groups excluding carboxylic acids is 1. The first kappa shape index (κ1) is 39.6. The van der Waals surface area contributed by atoms with Crippen molar-refractivity contribution in [2.24, 2.45) is 0 Å². The average molecular weight is 734 g/mol. The van der Waals surface area contributed by atoms with E-state index in [0.29, 0.717) is 26.1 Å².